The molecule has 0 atom stereocenters. The van der Waals surface area contributed by atoms with Crippen LogP contribution in [0.2, 0.25) is 0 Å². The van der Waals surface area contributed by atoms with Crippen LogP contribution < -0.4 is 0 Å². The first-order chi connectivity index (χ1) is 12.8. The molecule has 0 aliphatic carbocycles. The van der Waals surface area contributed by atoms with E-state index >= 15 is 0 Å². The minimum Gasteiger partial charge on any atom is -0.504 e. The Bertz CT molecular complexity index is 1110. The minimum atomic E-state index is -0.707. The van der Waals surface area contributed by atoms with Crippen LogP contribution in [0.3, 0.4) is 0 Å². The maximum absolute atomic E-state index is 9.44. The number of phenolic OH excluding ortho intramolecular Hbond substituents is 7. The van der Waals surface area contributed by atoms with E-state index in [1.807, 2.05) is 0 Å². The number of aromatic hydroxyl groups is 7. The third-order valence-corrected chi connectivity index (χ3v) is 4.09. The van der Waals surface area contributed by atoms with E-state index in [9.17, 15) is 35.7 Å². The van der Waals surface area contributed by atoms with Gasteiger partial charge in [-0.2, -0.15) is 0 Å². The van der Waals surface area contributed by atoms with E-state index < -0.39 is 28.7 Å². The van der Waals surface area contributed by atoms with E-state index in [4.69, 9.17) is 0 Å². The quantitative estimate of drug-likeness (QED) is 0.186. The van der Waals surface area contributed by atoms with Crippen LogP contribution in [0.15, 0.2) is 54.6 Å². The molecular formula is C20H16O7. The van der Waals surface area contributed by atoms with Gasteiger partial charge in [0.25, 0.3) is 0 Å². The van der Waals surface area contributed by atoms with E-state index in [0.717, 1.165) is 0 Å². The molecule has 0 saturated heterocycles. The van der Waals surface area contributed by atoms with Gasteiger partial charge in [0, 0.05) is 16.2 Å². The number of hydrogen-bond acceptors (Lipinski definition) is 7. The SMILES string of the molecule is Oc1c(O)c(O)c2ccccc2c1O.Oc1cc2ccccc2c(O)c1O. The van der Waals surface area contributed by atoms with Gasteiger partial charge >= 0.3 is 0 Å². The summed E-state index contributed by atoms with van der Waals surface area (Å²) in [6, 6.07) is 14.7. The first-order valence-corrected chi connectivity index (χ1v) is 7.80. The van der Waals surface area contributed by atoms with Crippen LogP contribution >= 0.6 is 0 Å². The Kier molecular flexibility index (Phi) is 4.43. The molecule has 138 valence electrons. The molecule has 4 aromatic rings. The predicted molar refractivity (Wildman–Crippen MR) is 99.5 cm³/mol. The maximum Gasteiger partial charge on any atom is 0.204 e. The van der Waals surface area contributed by atoms with Crippen LogP contribution in [0.5, 0.6) is 40.2 Å². The summed E-state index contributed by atoms with van der Waals surface area (Å²) in [5.41, 5.74) is 0. The molecule has 0 saturated carbocycles. The first-order valence-electron chi connectivity index (χ1n) is 7.80. The summed E-state index contributed by atoms with van der Waals surface area (Å²) < 4.78 is 0. The summed E-state index contributed by atoms with van der Waals surface area (Å²) in [4.78, 5) is 0. The highest BCUT2D eigenvalue weighted by Gasteiger charge is 2.16. The Hall–Kier alpha value is -4.00. The summed E-state index contributed by atoms with van der Waals surface area (Å²) in [6.45, 7) is 0. The average Bonchev–Trinajstić information content (AvgIpc) is 2.69. The van der Waals surface area contributed by atoms with Gasteiger partial charge in [0.1, 0.15) is 0 Å². The molecule has 0 fully saturated rings. The average molecular weight is 368 g/mol. The van der Waals surface area contributed by atoms with Crippen molar-refractivity contribution in [1.82, 2.24) is 0 Å². The lowest BCUT2D eigenvalue weighted by Crippen LogP contribution is -1.78. The molecule has 7 nitrogen and oxygen atoms in total. The lowest BCUT2D eigenvalue weighted by Gasteiger charge is -2.07. The first kappa shape index (κ1) is 17.8. The third-order valence-electron chi connectivity index (χ3n) is 4.09. The summed E-state index contributed by atoms with van der Waals surface area (Å²) >= 11 is 0. The van der Waals surface area contributed by atoms with Crippen LogP contribution in [-0.4, -0.2) is 35.7 Å². The fourth-order valence-electron chi connectivity index (χ4n) is 2.68. The predicted octanol–water partition coefficient (Wildman–Crippen LogP) is 3.62. The second-order valence-electron chi connectivity index (χ2n) is 5.75. The van der Waals surface area contributed by atoms with Crippen molar-refractivity contribution in [3.05, 3.63) is 54.6 Å². The van der Waals surface area contributed by atoms with E-state index in [0.29, 0.717) is 21.5 Å². The van der Waals surface area contributed by atoms with Gasteiger partial charge in [-0.05, 0) is 11.5 Å². The van der Waals surface area contributed by atoms with E-state index in [1.165, 1.54) is 18.2 Å². The zero-order chi connectivity index (χ0) is 19.7. The van der Waals surface area contributed by atoms with Gasteiger partial charge in [-0.1, -0.05) is 48.5 Å². The molecule has 7 N–H and O–H groups in total. The highest BCUT2D eigenvalue weighted by Crippen LogP contribution is 2.48. The van der Waals surface area contributed by atoms with Gasteiger partial charge in [-0.25, -0.2) is 0 Å². The van der Waals surface area contributed by atoms with Crippen molar-refractivity contribution < 1.29 is 35.7 Å². The number of fused-ring (bicyclic) bond motifs is 2. The summed E-state index contributed by atoms with van der Waals surface area (Å²) in [5.74, 6) is -3.35. The molecule has 4 rings (SSSR count). The molecule has 0 spiro atoms. The third kappa shape index (κ3) is 3.02. The number of rotatable bonds is 0. The molecule has 0 aliphatic rings. The standard InChI is InChI=1S/C10H8O4.C10H8O3/c11-7-5-3-1-2-4-6(5)8(12)10(14)9(7)13;11-8-5-6-3-1-2-4-7(6)9(12)10(8)13/h1-4,11-14H;1-5,11-13H. The Morgan fingerprint density at radius 3 is 1.33 bits per heavy atom. The number of hydrogen-bond donors (Lipinski definition) is 7. The van der Waals surface area contributed by atoms with Crippen LogP contribution in [-0.2, 0) is 0 Å². The summed E-state index contributed by atoms with van der Waals surface area (Å²) in [7, 11) is 0. The lowest BCUT2D eigenvalue weighted by molar-refractivity contribution is 0.351. The van der Waals surface area contributed by atoms with E-state index in [-0.39, 0.29) is 11.5 Å². The van der Waals surface area contributed by atoms with Gasteiger partial charge in [0.2, 0.25) is 17.2 Å². The van der Waals surface area contributed by atoms with Crippen molar-refractivity contribution in [3.63, 3.8) is 0 Å². The maximum atomic E-state index is 9.44. The summed E-state index contributed by atoms with van der Waals surface area (Å²) in [6.07, 6.45) is 0. The number of benzene rings is 4. The van der Waals surface area contributed by atoms with E-state index in [1.54, 1.807) is 36.4 Å². The minimum absolute atomic E-state index is 0.282. The molecule has 0 unspecified atom stereocenters. The van der Waals surface area contributed by atoms with Crippen LogP contribution in [0, 0.1) is 0 Å². The van der Waals surface area contributed by atoms with Gasteiger partial charge in [0.15, 0.2) is 23.0 Å². The largest absolute Gasteiger partial charge is 0.504 e. The van der Waals surface area contributed by atoms with Crippen molar-refractivity contribution in [2.75, 3.05) is 0 Å². The fourth-order valence-corrected chi connectivity index (χ4v) is 2.68. The van der Waals surface area contributed by atoms with Gasteiger partial charge < -0.3 is 35.7 Å². The molecule has 0 aliphatic heterocycles. The zero-order valence-electron chi connectivity index (χ0n) is 13.8. The highest BCUT2D eigenvalue weighted by atomic mass is 16.3. The van der Waals surface area contributed by atoms with Crippen LogP contribution in [0.1, 0.15) is 0 Å². The molecule has 0 amide bonds. The second kappa shape index (κ2) is 6.72. The number of phenols is 7. The van der Waals surface area contributed by atoms with Crippen LogP contribution in [0.25, 0.3) is 21.5 Å². The van der Waals surface area contributed by atoms with Crippen molar-refractivity contribution >= 4 is 21.5 Å². The topological polar surface area (TPSA) is 142 Å². The molecule has 7 heteroatoms. The summed E-state index contributed by atoms with van der Waals surface area (Å²) in [5, 5.41) is 67.0. The van der Waals surface area contributed by atoms with Crippen molar-refractivity contribution in [1.29, 1.82) is 0 Å². The van der Waals surface area contributed by atoms with Crippen molar-refractivity contribution in [2.45, 2.75) is 0 Å². The van der Waals surface area contributed by atoms with Crippen molar-refractivity contribution in [3.8, 4) is 40.2 Å². The van der Waals surface area contributed by atoms with Crippen LogP contribution in [0.4, 0.5) is 0 Å². The molecule has 0 bridgehead atoms. The monoisotopic (exact) mass is 368 g/mol. The van der Waals surface area contributed by atoms with Crippen molar-refractivity contribution in [2.24, 2.45) is 0 Å². The Morgan fingerprint density at radius 2 is 0.815 bits per heavy atom. The van der Waals surface area contributed by atoms with E-state index in [2.05, 4.69) is 0 Å². The lowest BCUT2D eigenvalue weighted by atomic mass is 10.1. The molecule has 27 heavy (non-hydrogen) atoms. The van der Waals surface area contributed by atoms with Gasteiger partial charge in [0.05, 0.1) is 0 Å². The molecule has 0 radical (unpaired) electrons. The smallest absolute Gasteiger partial charge is 0.204 e. The second-order valence-corrected chi connectivity index (χ2v) is 5.75. The fraction of sp³-hybridized carbons (Fsp3) is 0. The highest BCUT2D eigenvalue weighted by molar-refractivity contribution is 5.97. The molecule has 0 aromatic heterocycles. The van der Waals surface area contributed by atoms with Gasteiger partial charge in [-0.15, -0.1) is 0 Å². The zero-order valence-corrected chi connectivity index (χ0v) is 13.8. The molecule has 0 heterocycles. The van der Waals surface area contributed by atoms with Gasteiger partial charge in [-0.3, -0.25) is 0 Å². The molecule has 4 aromatic carbocycles. The Labute approximate surface area is 152 Å². The normalized spacial score (nSPS) is 10.5. The molecular weight excluding hydrogens is 352 g/mol. The Morgan fingerprint density at radius 1 is 0.407 bits per heavy atom. The Balaban J connectivity index is 0.000000156.